The largest absolute Gasteiger partial charge is 0.497 e. The number of rotatable bonds is 8. The first-order chi connectivity index (χ1) is 20.9. The van der Waals surface area contributed by atoms with E-state index in [1.54, 1.807) is 19.2 Å². The van der Waals surface area contributed by atoms with Crippen molar-refractivity contribution in [2.24, 2.45) is 0 Å². The van der Waals surface area contributed by atoms with Crippen LogP contribution in [0.2, 0.25) is 0 Å². The number of amides is 2. The molecule has 10 nitrogen and oxygen atoms in total. The Bertz CT molecular complexity index is 1360. The van der Waals surface area contributed by atoms with Gasteiger partial charge in [0.05, 0.1) is 12.7 Å². The molecule has 1 aromatic heterocycles. The monoisotopic (exact) mass is 606 g/mol. The number of carbonyl (C=O) groups is 2. The second-order valence-corrected chi connectivity index (χ2v) is 10.9. The van der Waals surface area contributed by atoms with Crippen molar-refractivity contribution in [2.45, 2.75) is 51.3 Å². The van der Waals surface area contributed by atoms with E-state index in [1.807, 2.05) is 41.3 Å². The van der Waals surface area contributed by atoms with Gasteiger partial charge in [-0.1, -0.05) is 29.8 Å². The molecule has 228 valence electrons. The van der Waals surface area contributed by atoms with Crippen molar-refractivity contribution in [3.05, 3.63) is 89.2 Å². The third kappa shape index (κ3) is 9.45. The Balaban J connectivity index is 0.00000135. The molecule has 2 fully saturated rings. The van der Waals surface area contributed by atoms with Crippen LogP contribution >= 0.6 is 0 Å². The third-order valence-corrected chi connectivity index (χ3v) is 7.78. The normalized spacial score (nSPS) is 16.0. The minimum atomic E-state index is -0.750. The predicted octanol–water partition coefficient (Wildman–Crippen LogP) is 3.81. The number of ether oxygens (including phenoxy) is 2. The maximum Gasteiger partial charge on any atom is 0.335 e. The first-order valence-corrected chi connectivity index (χ1v) is 15.1. The summed E-state index contributed by atoms with van der Waals surface area (Å²) in [6.07, 6.45) is 4.97. The van der Waals surface area contributed by atoms with Crippen LogP contribution in [0.5, 0.6) is 11.5 Å². The number of nitrogens with one attached hydrogen (secondary N) is 1. The fraction of sp³-hybridized carbons (Fsp3) is 0.406. The molecule has 0 radical (unpaired) electrons. The standard InChI is InChI=1S/C32H38N4O4.O2S/c1-23-3-8-28(9-4-23)40-29-15-19-36(20-16-29)32(38)25-7-12-30(33-21-25)31(37)34-26-13-17-35(18-14-26)22-24-5-10-27(39-2)11-6-24;1-3-2/h3-12,21,26,29H,13-20,22H2,1-2H3,(H,34,37);. The molecule has 0 spiro atoms. The predicted molar refractivity (Wildman–Crippen MR) is 163 cm³/mol. The molecule has 2 aliphatic heterocycles. The number of aryl methyl sites for hydroxylation is 1. The van der Waals surface area contributed by atoms with Crippen LogP contribution in [0.3, 0.4) is 0 Å². The number of hydrogen-bond acceptors (Lipinski definition) is 8. The molecule has 0 saturated carbocycles. The molecule has 11 heteroatoms. The Hall–Kier alpha value is -4.09. The molecule has 2 saturated heterocycles. The van der Waals surface area contributed by atoms with Crippen LogP contribution in [0.15, 0.2) is 66.9 Å². The summed E-state index contributed by atoms with van der Waals surface area (Å²) >= 11 is -0.750. The molecule has 3 aromatic rings. The van der Waals surface area contributed by atoms with Gasteiger partial charge in [0.25, 0.3) is 11.8 Å². The average molecular weight is 607 g/mol. The van der Waals surface area contributed by atoms with Crippen LogP contribution < -0.4 is 14.8 Å². The number of nitrogens with zero attached hydrogens (tertiary/aromatic N) is 3. The number of methoxy groups -OCH3 is 1. The van der Waals surface area contributed by atoms with Crippen molar-refractivity contribution in [1.82, 2.24) is 20.1 Å². The molecule has 1 N–H and O–H groups in total. The van der Waals surface area contributed by atoms with Crippen LogP contribution in [0.4, 0.5) is 0 Å². The minimum absolute atomic E-state index is 0.0579. The maximum atomic E-state index is 13.0. The molecule has 43 heavy (non-hydrogen) atoms. The van der Waals surface area contributed by atoms with Crippen molar-refractivity contribution in [3.8, 4) is 11.5 Å². The lowest BCUT2D eigenvalue weighted by atomic mass is 10.0. The van der Waals surface area contributed by atoms with E-state index in [0.717, 1.165) is 56.8 Å². The summed E-state index contributed by atoms with van der Waals surface area (Å²) in [7, 11) is 1.67. The molecule has 0 unspecified atom stereocenters. The lowest BCUT2D eigenvalue weighted by molar-refractivity contribution is 0.0594. The van der Waals surface area contributed by atoms with Crippen LogP contribution in [0, 0.1) is 6.92 Å². The zero-order chi connectivity index (χ0) is 30.6. The number of piperidine rings is 2. The number of aromatic nitrogens is 1. The number of carbonyl (C=O) groups excluding carboxylic acids is 2. The third-order valence-electron chi connectivity index (χ3n) is 7.78. The van der Waals surface area contributed by atoms with E-state index in [0.29, 0.717) is 24.3 Å². The van der Waals surface area contributed by atoms with E-state index >= 15 is 0 Å². The van der Waals surface area contributed by atoms with Gasteiger partial charge in [0, 0.05) is 57.8 Å². The topological polar surface area (TPSA) is 118 Å². The van der Waals surface area contributed by atoms with Gasteiger partial charge >= 0.3 is 11.6 Å². The van der Waals surface area contributed by atoms with Gasteiger partial charge in [-0.05, 0) is 61.7 Å². The van der Waals surface area contributed by atoms with Crippen LogP contribution in [0.1, 0.15) is 57.7 Å². The van der Waals surface area contributed by atoms with Crippen molar-refractivity contribution < 1.29 is 27.5 Å². The molecule has 0 bridgehead atoms. The molecule has 0 aliphatic carbocycles. The highest BCUT2D eigenvalue weighted by molar-refractivity contribution is 7.51. The second kappa shape index (κ2) is 15.9. The minimum Gasteiger partial charge on any atom is -0.497 e. The smallest absolute Gasteiger partial charge is 0.335 e. The molecule has 2 amide bonds. The number of pyridine rings is 1. The van der Waals surface area contributed by atoms with Crippen molar-refractivity contribution in [2.75, 3.05) is 33.3 Å². The molecule has 3 heterocycles. The van der Waals surface area contributed by atoms with Crippen molar-refractivity contribution in [1.29, 1.82) is 0 Å². The number of hydrogen-bond donors (Lipinski definition) is 1. The summed E-state index contributed by atoms with van der Waals surface area (Å²) in [4.78, 5) is 34.4. The molecule has 2 aliphatic rings. The van der Waals surface area contributed by atoms with Crippen LogP contribution in [0.25, 0.3) is 0 Å². The molecule has 0 atom stereocenters. The SMILES string of the molecule is COc1ccc(CN2CCC(NC(=O)c3ccc(C(=O)N4CCC(Oc5ccc(C)cc5)CC4)cn3)CC2)cc1.O=S=O. The van der Waals surface area contributed by atoms with Gasteiger partial charge in [-0.2, -0.15) is 8.42 Å². The van der Waals surface area contributed by atoms with E-state index in [-0.39, 0.29) is 24.0 Å². The van der Waals surface area contributed by atoms with Gasteiger partial charge < -0.3 is 19.7 Å². The van der Waals surface area contributed by atoms with E-state index in [1.165, 1.54) is 17.3 Å². The van der Waals surface area contributed by atoms with Crippen LogP contribution in [-0.4, -0.2) is 80.5 Å². The average Bonchev–Trinajstić information content (AvgIpc) is 3.04. The summed E-state index contributed by atoms with van der Waals surface area (Å²) in [5.41, 5.74) is 3.29. The lowest BCUT2D eigenvalue weighted by Gasteiger charge is -2.32. The maximum absolute atomic E-state index is 13.0. The van der Waals surface area contributed by atoms with Gasteiger partial charge in [0.15, 0.2) is 0 Å². The first kappa shape index (κ1) is 31.8. The molecular weight excluding hydrogens is 568 g/mol. The van der Waals surface area contributed by atoms with Gasteiger partial charge in [0.2, 0.25) is 0 Å². The summed E-state index contributed by atoms with van der Waals surface area (Å²) < 4.78 is 27.9. The highest BCUT2D eigenvalue weighted by atomic mass is 32.1. The summed E-state index contributed by atoms with van der Waals surface area (Å²) in [5, 5.41) is 3.12. The van der Waals surface area contributed by atoms with Gasteiger partial charge in [-0.15, -0.1) is 0 Å². The molecular formula is C32H38N4O6S. The Morgan fingerprint density at radius 2 is 1.51 bits per heavy atom. The highest BCUT2D eigenvalue weighted by Gasteiger charge is 2.26. The summed E-state index contributed by atoms with van der Waals surface area (Å²) in [6, 6.07) is 19.7. The Morgan fingerprint density at radius 1 is 0.884 bits per heavy atom. The first-order valence-electron chi connectivity index (χ1n) is 14.4. The van der Waals surface area contributed by atoms with E-state index in [9.17, 15) is 9.59 Å². The van der Waals surface area contributed by atoms with E-state index in [4.69, 9.17) is 17.9 Å². The lowest BCUT2D eigenvalue weighted by Crippen LogP contribution is -2.44. The Morgan fingerprint density at radius 3 is 2.09 bits per heavy atom. The Kier molecular flexibility index (Phi) is 11.8. The van der Waals surface area contributed by atoms with Gasteiger partial charge in [0.1, 0.15) is 23.3 Å². The summed E-state index contributed by atoms with van der Waals surface area (Å²) in [6.45, 7) is 6.05. The number of benzene rings is 2. The molecule has 5 rings (SSSR count). The van der Waals surface area contributed by atoms with Crippen molar-refractivity contribution in [3.63, 3.8) is 0 Å². The zero-order valence-corrected chi connectivity index (χ0v) is 25.4. The molecule has 2 aromatic carbocycles. The highest BCUT2D eigenvalue weighted by Crippen LogP contribution is 2.21. The van der Waals surface area contributed by atoms with Crippen LogP contribution in [-0.2, 0) is 18.1 Å². The zero-order valence-electron chi connectivity index (χ0n) is 24.6. The van der Waals surface area contributed by atoms with Gasteiger partial charge in [-0.3, -0.25) is 19.5 Å². The fourth-order valence-corrected chi connectivity index (χ4v) is 5.31. The van der Waals surface area contributed by atoms with Crippen molar-refractivity contribution >= 4 is 23.4 Å². The van der Waals surface area contributed by atoms with E-state index < -0.39 is 11.6 Å². The van der Waals surface area contributed by atoms with E-state index in [2.05, 4.69) is 34.3 Å². The number of likely N-dealkylation sites (tertiary alicyclic amines) is 2. The van der Waals surface area contributed by atoms with Gasteiger partial charge in [-0.25, -0.2) is 0 Å². The second-order valence-electron chi connectivity index (χ2n) is 10.8. The summed E-state index contributed by atoms with van der Waals surface area (Å²) in [5.74, 6) is 1.48. The fourth-order valence-electron chi connectivity index (χ4n) is 5.31. The quantitative estimate of drug-likeness (QED) is 0.412. The Labute approximate surface area is 256 Å².